The lowest BCUT2D eigenvalue weighted by Crippen LogP contribution is -2.17. The van der Waals surface area contributed by atoms with Crippen molar-refractivity contribution in [3.63, 3.8) is 0 Å². The van der Waals surface area contributed by atoms with Crippen LogP contribution < -0.4 is 5.32 Å². The molecule has 0 aliphatic carbocycles. The summed E-state index contributed by atoms with van der Waals surface area (Å²) in [6.07, 6.45) is 0.620. The summed E-state index contributed by atoms with van der Waals surface area (Å²) in [6.45, 7) is 0.451. The Hall–Kier alpha value is -1.34. The van der Waals surface area contributed by atoms with Crippen molar-refractivity contribution in [2.24, 2.45) is 5.92 Å². The third-order valence-corrected chi connectivity index (χ3v) is 5.09. The highest BCUT2D eigenvalue weighted by Gasteiger charge is 2.27. The van der Waals surface area contributed by atoms with Gasteiger partial charge >= 0.3 is 5.97 Å². The van der Waals surface area contributed by atoms with Crippen LogP contribution in [0.2, 0.25) is 5.02 Å². The molecule has 1 unspecified atom stereocenters. The maximum Gasteiger partial charge on any atom is 0.356 e. The number of carboxylic acid groups (broad SMARTS) is 1. The molecule has 2 rings (SSSR count). The van der Waals surface area contributed by atoms with Crippen LogP contribution in [-0.2, 0) is 9.84 Å². The molecule has 8 heteroatoms. The quantitative estimate of drug-likeness (QED) is 0.870. The number of carboxylic acids is 1. The number of hydrogen-bond donors (Lipinski definition) is 2. The second kappa shape index (κ2) is 5.34. The third-order valence-electron chi connectivity index (χ3n) is 2.95. The number of aromatic carboxylic acids is 1. The molecule has 1 atom stereocenters. The molecule has 1 fully saturated rings. The van der Waals surface area contributed by atoms with E-state index in [0.29, 0.717) is 18.8 Å². The van der Waals surface area contributed by atoms with Gasteiger partial charge in [-0.05, 0) is 24.5 Å². The van der Waals surface area contributed by atoms with Crippen molar-refractivity contribution in [2.75, 3.05) is 23.4 Å². The minimum atomic E-state index is -2.90. The van der Waals surface area contributed by atoms with Gasteiger partial charge in [-0.15, -0.1) is 0 Å². The molecular weight excluding hydrogens is 292 g/mol. The topological polar surface area (TPSA) is 96.4 Å². The van der Waals surface area contributed by atoms with Gasteiger partial charge < -0.3 is 10.4 Å². The van der Waals surface area contributed by atoms with E-state index in [4.69, 9.17) is 16.7 Å². The van der Waals surface area contributed by atoms with E-state index in [9.17, 15) is 13.2 Å². The predicted octanol–water partition coefficient (Wildman–Crippen LogP) is 1.28. The zero-order valence-electron chi connectivity index (χ0n) is 9.97. The second-order valence-electron chi connectivity index (χ2n) is 4.48. The number of hydrogen-bond acceptors (Lipinski definition) is 5. The van der Waals surface area contributed by atoms with Crippen molar-refractivity contribution in [3.8, 4) is 0 Å². The summed E-state index contributed by atoms with van der Waals surface area (Å²) in [4.78, 5) is 14.7. The Morgan fingerprint density at radius 2 is 2.26 bits per heavy atom. The molecule has 0 saturated carbocycles. The SMILES string of the molecule is O=C(O)c1nc(NCC2CCS(=O)(=O)C2)ccc1Cl. The Balaban J connectivity index is 2.01. The van der Waals surface area contributed by atoms with Gasteiger partial charge in [0.25, 0.3) is 0 Å². The molecule has 19 heavy (non-hydrogen) atoms. The van der Waals surface area contributed by atoms with Crippen molar-refractivity contribution >= 4 is 33.2 Å². The monoisotopic (exact) mass is 304 g/mol. The van der Waals surface area contributed by atoms with Gasteiger partial charge in [0.15, 0.2) is 15.5 Å². The summed E-state index contributed by atoms with van der Waals surface area (Å²) in [7, 11) is -2.90. The van der Waals surface area contributed by atoms with Gasteiger partial charge in [0.2, 0.25) is 0 Å². The largest absolute Gasteiger partial charge is 0.476 e. The van der Waals surface area contributed by atoms with Crippen LogP contribution in [0.25, 0.3) is 0 Å². The number of nitrogens with one attached hydrogen (secondary N) is 1. The van der Waals surface area contributed by atoms with E-state index in [1.165, 1.54) is 6.07 Å². The molecule has 0 aromatic carbocycles. The first-order valence-corrected chi connectivity index (χ1v) is 7.91. The Labute approximate surface area is 115 Å². The number of rotatable bonds is 4. The molecule has 1 saturated heterocycles. The van der Waals surface area contributed by atoms with Gasteiger partial charge in [-0.1, -0.05) is 11.6 Å². The molecule has 6 nitrogen and oxygen atoms in total. The first-order chi connectivity index (χ1) is 8.87. The second-order valence-corrected chi connectivity index (χ2v) is 7.12. The molecule has 1 aliphatic heterocycles. The number of halogens is 1. The lowest BCUT2D eigenvalue weighted by Gasteiger charge is -2.10. The molecule has 0 amide bonds. The van der Waals surface area contributed by atoms with E-state index >= 15 is 0 Å². The molecule has 2 heterocycles. The lowest BCUT2D eigenvalue weighted by atomic mass is 10.1. The Bertz CT molecular complexity index is 603. The lowest BCUT2D eigenvalue weighted by molar-refractivity contribution is 0.0691. The van der Waals surface area contributed by atoms with E-state index in [1.807, 2.05) is 0 Å². The average molecular weight is 305 g/mol. The van der Waals surface area contributed by atoms with Crippen LogP contribution in [0.4, 0.5) is 5.82 Å². The number of aromatic nitrogens is 1. The fourth-order valence-electron chi connectivity index (χ4n) is 1.97. The standard InChI is InChI=1S/C11H13ClN2O4S/c12-8-1-2-9(14-10(8)11(15)16)13-5-7-3-4-19(17,18)6-7/h1-2,7H,3-6H2,(H,13,14)(H,15,16). The van der Waals surface area contributed by atoms with E-state index in [2.05, 4.69) is 10.3 Å². The summed E-state index contributed by atoms with van der Waals surface area (Å²) in [5, 5.41) is 11.9. The molecule has 0 bridgehead atoms. The molecule has 104 valence electrons. The number of nitrogens with zero attached hydrogens (tertiary/aromatic N) is 1. The Morgan fingerprint density at radius 3 is 2.84 bits per heavy atom. The summed E-state index contributed by atoms with van der Waals surface area (Å²) in [5.41, 5.74) is -0.217. The highest BCUT2D eigenvalue weighted by Crippen LogP contribution is 2.20. The fourth-order valence-corrected chi connectivity index (χ4v) is 4.02. The molecule has 0 spiro atoms. The highest BCUT2D eigenvalue weighted by molar-refractivity contribution is 7.91. The van der Waals surface area contributed by atoms with Gasteiger partial charge in [-0.2, -0.15) is 0 Å². The minimum absolute atomic E-state index is 0.0377. The Morgan fingerprint density at radius 1 is 1.53 bits per heavy atom. The van der Waals surface area contributed by atoms with Crippen LogP contribution in [0.3, 0.4) is 0 Å². The first kappa shape index (κ1) is 14.1. The van der Waals surface area contributed by atoms with Crippen LogP contribution in [0.1, 0.15) is 16.9 Å². The normalized spacial score (nSPS) is 21.2. The van der Waals surface area contributed by atoms with E-state index in [-0.39, 0.29) is 28.1 Å². The maximum absolute atomic E-state index is 11.3. The van der Waals surface area contributed by atoms with Gasteiger partial charge in [0.1, 0.15) is 5.82 Å². The number of carbonyl (C=O) groups is 1. The third kappa shape index (κ3) is 3.57. The van der Waals surface area contributed by atoms with Crippen molar-refractivity contribution in [2.45, 2.75) is 6.42 Å². The van der Waals surface area contributed by atoms with Crippen molar-refractivity contribution in [1.82, 2.24) is 4.98 Å². The molecular formula is C11H13ClN2O4S. The van der Waals surface area contributed by atoms with E-state index in [1.54, 1.807) is 6.07 Å². The van der Waals surface area contributed by atoms with Crippen LogP contribution >= 0.6 is 11.6 Å². The Kier molecular flexibility index (Phi) is 3.96. The maximum atomic E-state index is 11.3. The van der Waals surface area contributed by atoms with E-state index < -0.39 is 15.8 Å². The molecule has 1 aromatic rings. The number of anilines is 1. The number of pyridine rings is 1. The summed E-state index contributed by atoms with van der Waals surface area (Å²) < 4.78 is 22.6. The van der Waals surface area contributed by atoms with Crippen molar-refractivity contribution in [3.05, 3.63) is 22.8 Å². The van der Waals surface area contributed by atoms with Crippen LogP contribution in [0.15, 0.2) is 12.1 Å². The molecule has 2 N–H and O–H groups in total. The highest BCUT2D eigenvalue weighted by atomic mass is 35.5. The van der Waals surface area contributed by atoms with Gasteiger partial charge in [0, 0.05) is 6.54 Å². The smallest absolute Gasteiger partial charge is 0.356 e. The molecule has 1 aliphatic rings. The van der Waals surface area contributed by atoms with Gasteiger partial charge in [-0.3, -0.25) is 0 Å². The zero-order valence-corrected chi connectivity index (χ0v) is 11.5. The van der Waals surface area contributed by atoms with Crippen LogP contribution in [0.5, 0.6) is 0 Å². The van der Waals surface area contributed by atoms with Crippen molar-refractivity contribution < 1.29 is 18.3 Å². The van der Waals surface area contributed by atoms with E-state index in [0.717, 1.165) is 0 Å². The summed E-state index contributed by atoms with van der Waals surface area (Å²) in [6, 6.07) is 3.02. The predicted molar refractivity (Wildman–Crippen MR) is 71.5 cm³/mol. The zero-order chi connectivity index (χ0) is 14.0. The van der Waals surface area contributed by atoms with Gasteiger partial charge in [-0.25, -0.2) is 18.2 Å². The van der Waals surface area contributed by atoms with Crippen LogP contribution in [-0.4, -0.2) is 42.5 Å². The fraction of sp³-hybridized carbons (Fsp3) is 0.455. The van der Waals surface area contributed by atoms with Crippen LogP contribution in [0, 0.1) is 5.92 Å². The van der Waals surface area contributed by atoms with Crippen molar-refractivity contribution in [1.29, 1.82) is 0 Å². The molecule has 1 aromatic heterocycles. The molecule has 0 radical (unpaired) electrons. The summed E-state index contributed by atoms with van der Waals surface area (Å²) >= 11 is 5.71. The summed E-state index contributed by atoms with van der Waals surface area (Å²) in [5.74, 6) is -0.397. The first-order valence-electron chi connectivity index (χ1n) is 5.71. The minimum Gasteiger partial charge on any atom is -0.476 e. The van der Waals surface area contributed by atoms with Gasteiger partial charge in [0.05, 0.1) is 16.5 Å². The average Bonchev–Trinajstić information content (AvgIpc) is 2.67. The number of sulfone groups is 1.